The Morgan fingerprint density at radius 3 is 2.41 bits per heavy atom. The summed E-state index contributed by atoms with van der Waals surface area (Å²) in [5.74, 6) is -0.327. The maximum absolute atomic E-state index is 13.1. The summed E-state index contributed by atoms with van der Waals surface area (Å²) >= 11 is 0. The molecule has 7 nitrogen and oxygen atoms in total. The van der Waals surface area contributed by atoms with Crippen molar-refractivity contribution in [2.45, 2.75) is 31.6 Å². The first-order valence-corrected chi connectivity index (χ1v) is 11.5. The maximum atomic E-state index is 13.1. The quantitative estimate of drug-likeness (QED) is 0.726. The van der Waals surface area contributed by atoms with E-state index in [1.54, 1.807) is 49.1 Å². The zero-order valence-electron chi connectivity index (χ0n) is 16.7. The Morgan fingerprint density at radius 1 is 1.07 bits per heavy atom. The average molecular weight is 416 g/mol. The predicted molar refractivity (Wildman–Crippen MR) is 112 cm³/mol. The molecule has 0 saturated carbocycles. The van der Waals surface area contributed by atoms with Crippen molar-refractivity contribution in [2.75, 3.05) is 37.6 Å². The highest BCUT2D eigenvalue weighted by molar-refractivity contribution is 7.89. The number of amides is 2. The molecule has 2 heterocycles. The topological polar surface area (TPSA) is 78.0 Å². The molecule has 2 amide bonds. The number of likely N-dealkylation sites (tertiary alicyclic amines) is 1. The Bertz CT molecular complexity index is 1090. The molecule has 0 atom stereocenters. The molecule has 0 aliphatic carbocycles. The smallest absolute Gasteiger partial charge is 0.259 e. The second-order valence-corrected chi connectivity index (χ2v) is 9.29. The van der Waals surface area contributed by atoms with Crippen LogP contribution in [0.25, 0.3) is 10.8 Å². The zero-order valence-corrected chi connectivity index (χ0v) is 17.5. The van der Waals surface area contributed by atoms with E-state index in [0.29, 0.717) is 35.1 Å². The summed E-state index contributed by atoms with van der Waals surface area (Å²) in [6, 6.07) is 8.35. The third-order valence-corrected chi connectivity index (χ3v) is 7.93. The minimum absolute atomic E-state index is 0.0231. The molecular weight excluding hydrogens is 390 g/mol. The van der Waals surface area contributed by atoms with E-state index in [0.717, 1.165) is 25.9 Å². The van der Waals surface area contributed by atoms with Gasteiger partial charge in [0, 0.05) is 42.5 Å². The molecule has 0 spiro atoms. The Labute approximate surface area is 170 Å². The highest BCUT2D eigenvalue weighted by Gasteiger charge is 2.35. The van der Waals surface area contributed by atoms with Crippen LogP contribution in [0, 0.1) is 0 Å². The lowest BCUT2D eigenvalue weighted by atomic mass is 10.1. The fraction of sp³-hybridized carbons (Fsp3) is 0.429. The van der Waals surface area contributed by atoms with Gasteiger partial charge in [0.15, 0.2) is 0 Å². The van der Waals surface area contributed by atoms with Gasteiger partial charge in [-0.15, -0.1) is 0 Å². The summed E-state index contributed by atoms with van der Waals surface area (Å²) in [5.41, 5.74) is 1.05. The summed E-state index contributed by atoms with van der Waals surface area (Å²) in [5, 5.41) is 1.14. The van der Waals surface area contributed by atoms with Gasteiger partial charge in [0.25, 0.3) is 5.91 Å². The molecule has 2 aliphatic heterocycles. The van der Waals surface area contributed by atoms with Crippen LogP contribution in [0.5, 0.6) is 0 Å². The van der Waals surface area contributed by atoms with Crippen LogP contribution in [0.1, 0.15) is 37.0 Å². The summed E-state index contributed by atoms with van der Waals surface area (Å²) in [4.78, 5) is 29.1. The Balaban J connectivity index is 1.79. The molecule has 2 aromatic carbocycles. The number of rotatable bonds is 6. The number of hydrogen-bond donors (Lipinski definition) is 0. The van der Waals surface area contributed by atoms with Crippen molar-refractivity contribution >= 4 is 38.3 Å². The largest absolute Gasteiger partial charge is 0.341 e. The van der Waals surface area contributed by atoms with Crippen LogP contribution >= 0.6 is 0 Å². The van der Waals surface area contributed by atoms with Crippen molar-refractivity contribution < 1.29 is 18.0 Å². The number of carbonyl (C=O) groups excluding carboxylic acids is 2. The fourth-order valence-electron chi connectivity index (χ4n) is 4.31. The monoisotopic (exact) mass is 415 g/mol. The van der Waals surface area contributed by atoms with Gasteiger partial charge in [-0.3, -0.25) is 14.5 Å². The molecule has 154 valence electrons. The average Bonchev–Trinajstić information content (AvgIpc) is 3.33. The first-order chi connectivity index (χ1) is 13.9. The standard InChI is InChI=1S/C21H25N3O4S/c1-3-23(4-2)29(27,28)18-11-10-17-20-15(18)8-7-9-16(20)21(26)24(17)14-19(25)22-12-5-6-13-22/h7-11H,3-6,12-14H2,1-2H3. The molecule has 0 unspecified atom stereocenters. The molecule has 0 radical (unpaired) electrons. The van der Waals surface area contributed by atoms with Crippen molar-refractivity contribution in [3.8, 4) is 0 Å². The van der Waals surface area contributed by atoms with Gasteiger partial charge in [-0.2, -0.15) is 4.31 Å². The summed E-state index contributed by atoms with van der Waals surface area (Å²) < 4.78 is 27.7. The van der Waals surface area contributed by atoms with E-state index in [1.807, 2.05) is 0 Å². The third kappa shape index (κ3) is 3.11. The fourth-order valence-corrected chi connectivity index (χ4v) is 5.95. The van der Waals surface area contributed by atoms with Gasteiger partial charge >= 0.3 is 0 Å². The first kappa shape index (κ1) is 19.8. The van der Waals surface area contributed by atoms with Crippen LogP contribution in [0.4, 0.5) is 5.69 Å². The van der Waals surface area contributed by atoms with Crippen LogP contribution in [0.2, 0.25) is 0 Å². The van der Waals surface area contributed by atoms with Gasteiger partial charge < -0.3 is 4.90 Å². The van der Waals surface area contributed by atoms with Gasteiger partial charge in [0.2, 0.25) is 15.9 Å². The van der Waals surface area contributed by atoms with E-state index >= 15 is 0 Å². The number of hydrogen-bond acceptors (Lipinski definition) is 4. The van der Waals surface area contributed by atoms with Crippen LogP contribution in [0.3, 0.4) is 0 Å². The second-order valence-electron chi connectivity index (χ2n) is 7.38. The normalized spacial score (nSPS) is 16.4. The highest BCUT2D eigenvalue weighted by atomic mass is 32.2. The van der Waals surface area contributed by atoms with Crippen molar-refractivity contribution in [3.63, 3.8) is 0 Å². The molecule has 0 aromatic heterocycles. The zero-order chi connectivity index (χ0) is 20.8. The minimum atomic E-state index is -3.68. The second kappa shape index (κ2) is 7.42. The van der Waals surface area contributed by atoms with E-state index in [4.69, 9.17) is 0 Å². The van der Waals surface area contributed by atoms with Crippen LogP contribution in [0.15, 0.2) is 35.2 Å². The minimum Gasteiger partial charge on any atom is -0.341 e. The lowest BCUT2D eigenvalue weighted by Gasteiger charge is -2.22. The van der Waals surface area contributed by atoms with E-state index < -0.39 is 10.0 Å². The Morgan fingerprint density at radius 2 is 1.76 bits per heavy atom. The lowest BCUT2D eigenvalue weighted by molar-refractivity contribution is -0.128. The van der Waals surface area contributed by atoms with Crippen molar-refractivity contribution in [3.05, 3.63) is 35.9 Å². The predicted octanol–water partition coefficient (Wildman–Crippen LogP) is 2.45. The molecule has 2 aliphatic rings. The SMILES string of the molecule is CCN(CC)S(=O)(=O)c1ccc2c3c(cccc13)C(=O)N2CC(=O)N1CCCC1. The summed E-state index contributed by atoms with van der Waals surface area (Å²) in [6.07, 6.45) is 1.98. The summed E-state index contributed by atoms with van der Waals surface area (Å²) in [7, 11) is -3.68. The van der Waals surface area contributed by atoms with Gasteiger partial charge in [-0.05, 0) is 31.0 Å². The van der Waals surface area contributed by atoms with Gasteiger partial charge in [-0.1, -0.05) is 26.0 Å². The number of carbonyl (C=O) groups is 2. The van der Waals surface area contributed by atoms with Crippen LogP contribution in [-0.2, 0) is 14.8 Å². The third-order valence-electron chi connectivity index (χ3n) is 5.82. The number of anilines is 1. The molecule has 2 aromatic rings. The molecule has 0 bridgehead atoms. The van der Waals surface area contributed by atoms with Gasteiger partial charge in [-0.25, -0.2) is 8.42 Å². The Kier molecular flexibility index (Phi) is 5.08. The molecule has 0 N–H and O–H groups in total. The van der Waals surface area contributed by atoms with E-state index in [-0.39, 0.29) is 23.3 Å². The van der Waals surface area contributed by atoms with Crippen LogP contribution in [-0.4, -0.2) is 62.2 Å². The molecule has 4 rings (SSSR count). The van der Waals surface area contributed by atoms with Crippen LogP contribution < -0.4 is 4.90 Å². The Hall–Kier alpha value is -2.45. The lowest BCUT2D eigenvalue weighted by Crippen LogP contribution is -2.40. The first-order valence-electron chi connectivity index (χ1n) is 10.1. The number of nitrogens with zero attached hydrogens (tertiary/aromatic N) is 3. The molecular formula is C21H25N3O4S. The van der Waals surface area contributed by atoms with Crippen molar-refractivity contribution in [1.29, 1.82) is 0 Å². The van der Waals surface area contributed by atoms with E-state index in [9.17, 15) is 18.0 Å². The molecule has 29 heavy (non-hydrogen) atoms. The molecule has 1 fully saturated rings. The number of sulfonamides is 1. The molecule has 1 saturated heterocycles. The van der Waals surface area contributed by atoms with Gasteiger partial charge in [0.1, 0.15) is 6.54 Å². The van der Waals surface area contributed by atoms with E-state index in [2.05, 4.69) is 0 Å². The van der Waals surface area contributed by atoms with Crippen molar-refractivity contribution in [2.24, 2.45) is 0 Å². The molecule has 8 heteroatoms. The van der Waals surface area contributed by atoms with Crippen molar-refractivity contribution in [1.82, 2.24) is 9.21 Å². The summed E-state index contributed by atoms with van der Waals surface area (Å²) in [6.45, 7) is 5.78. The highest BCUT2D eigenvalue weighted by Crippen LogP contribution is 2.40. The maximum Gasteiger partial charge on any atom is 0.259 e. The number of benzene rings is 2. The van der Waals surface area contributed by atoms with Gasteiger partial charge in [0.05, 0.1) is 10.6 Å². The van der Waals surface area contributed by atoms with E-state index in [1.165, 1.54) is 9.21 Å².